The Bertz CT molecular complexity index is 463. The molecule has 0 fully saturated rings. The van der Waals surface area contributed by atoms with Gasteiger partial charge in [-0.1, -0.05) is 45.0 Å². The summed E-state index contributed by atoms with van der Waals surface area (Å²) in [5.74, 6) is 0. The van der Waals surface area contributed by atoms with Gasteiger partial charge in [-0.05, 0) is 16.5 Å². The van der Waals surface area contributed by atoms with Crippen LogP contribution in [0.1, 0.15) is 37.6 Å². The summed E-state index contributed by atoms with van der Waals surface area (Å²) in [5.41, 5.74) is 4.02. The van der Waals surface area contributed by atoms with Gasteiger partial charge in [0, 0.05) is 25.0 Å². The molecule has 0 saturated heterocycles. The zero-order valence-electron chi connectivity index (χ0n) is 11.3. The van der Waals surface area contributed by atoms with Gasteiger partial charge in [0.1, 0.15) is 0 Å². The van der Waals surface area contributed by atoms with Crippen LogP contribution in [0.5, 0.6) is 0 Å². The first-order valence-corrected chi connectivity index (χ1v) is 6.33. The minimum atomic E-state index is 0.224. The number of nitrogens with one attached hydrogen (secondary N) is 2. The molecular weight excluding hydrogens is 222 g/mol. The smallest absolute Gasteiger partial charge is 0.0922 e. The van der Waals surface area contributed by atoms with Crippen LogP contribution in [-0.2, 0) is 18.5 Å². The number of imidazole rings is 1. The molecule has 2 N–H and O–H groups in total. The van der Waals surface area contributed by atoms with Gasteiger partial charge in [0.2, 0.25) is 0 Å². The number of rotatable bonds is 4. The van der Waals surface area contributed by atoms with Gasteiger partial charge in [0.25, 0.3) is 0 Å². The Kier molecular flexibility index (Phi) is 3.82. The zero-order chi connectivity index (χ0) is 13.0. The fourth-order valence-corrected chi connectivity index (χ4v) is 1.85. The van der Waals surface area contributed by atoms with E-state index in [2.05, 4.69) is 60.3 Å². The van der Waals surface area contributed by atoms with Crippen LogP contribution in [0.15, 0.2) is 36.8 Å². The van der Waals surface area contributed by atoms with E-state index in [0.29, 0.717) is 0 Å². The third-order valence-corrected chi connectivity index (χ3v) is 3.02. The Labute approximate surface area is 109 Å². The molecule has 0 atom stereocenters. The highest BCUT2D eigenvalue weighted by Crippen LogP contribution is 2.22. The molecule has 3 heteroatoms. The van der Waals surface area contributed by atoms with E-state index in [4.69, 9.17) is 0 Å². The monoisotopic (exact) mass is 243 g/mol. The van der Waals surface area contributed by atoms with Crippen LogP contribution < -0.4 is 5.32 Å². The summed E-state index contributed by atoms with van der Waals surface area (Å²) in [5, 5.41) is 3.39. The first-order valence-electron chi connectivity index (χ1n) is 6.33. The second-order valence-corrected chi connectivity index (χ2v) is 5.63. The van der Waals surface area contributed by atoms with Crippen molar-refractivity contribution in [3.63, 3.8) is 0 Å². The summed E-state index contributed by atoms with van der Waals surface area (Å²) in [6, 6.07) is 8.82. The Morgan fingerprint density at radius 1 is 1.11 bits per heavy atom. The number of hydrogen-bond acceptors (Lipinski definition) is 2. The fourth-order valence-electron chi connectivity index (χ4n) is 1.85. The predicted molar refractivity (Wildman–Crippen MR) is 74.3 cm³/mol. The van der Waals surface area contributed by atoms with Crippen LogP contribution in [0.3, 0.4) is 0 Å². The maximum Gasteiger partial charge on any atom is 0.0922 e. The SMILES string of the molecule is CC(C)(C)c1ccc(CNCc2cnc[nH]2)cc1. The molecule has 18 heavy (non-hydrogen) atoms. The van der Waals surface area contributed by atoms with Gasteiger partial charge >= 0.3 is 0 Å². The quantitative estimate of drug-likeness (QED) is 0.866. The third-order valence-electron chi connectivity index (χ3n) is 3.02. The molecule has 96 valence electrons. The molecular formula is C15H21N3. The minimum Gasteiger partial charge on any atom is -0.347 e. The van der Waals surface area contributed by atoms with Crippen LogP contribution in [0.2, 0.25) is 0 Å². The normalized spacial score (nSPS) is 11.7. The van der Waals surface area contributed by atoms with Crippen molar-refractivity contribution in [2.45, 2.75) is 39.3 Å². The van der Waals surface area contributed by atoms with Gasteiger partial charge in [-0.2, -0.15) is 0 Å². The minimum absolute atomic E-state index is 0.224. The fraction of sp³-hybridized carbons (Fsp3) is 0.400. The van der Waals surface area contributed by atoms with Crippen LogP contribution in [0.4, 0.5) is 0 Å². The molecule has 2 rings (SSSR count). The van der Waals surface area contributed by atoms with Crippen molar-refractivity contribution < 1.29 is 0 Å². The average molecular weight is 243 g/mol. The van der Waals surface area contributed by atoms with Crippen molar-refractivity contribution in [3.8, 4) is 0 Å². The summed E-state index contributed by atoms with van der Waals surface area (Å²) >= 11 is 0. The van der Waals surface area contributed by atoms with Gasteiger partial charge in [-0.3, -0.25) is 0 Å². The van der Waals surface area contributed by atoms with Crippen molar-refractivity contribution in [1.82, 2.24) is 15.3 Å². The van der Waals surface area contributed by atoms with Gasteiger partial charge in [-0.25, -0.2) is 4.98 Å². The largest absolute Gasteiger partial charge is 0.347 e. The van der Waals surface area contributed by atoms with Gasteiger partial charge in [-0.15, -0.1) is 0 Å². The number of hydrogen-bond donors (Lipinski definition) is 2. The van der Waals surface area contributed by atoms with E-state index in [0.717, 1.165) is 18.8 Å². The third kappa shape index (κ3) is 3.44. The van der Waals surface area contributed by atoms with Crippen molar-refractivity contribution in [3.05, 3.63) is 53.6 Å². The molecule has 0 amide bonds. The summed E-state index contributed by atoms with van der Waals surface area (Å²) in [7, 11) is 0. The van der Waals surface area contributed by atoms with Crippen LogP contribution >= 0.6 is 0 Å². The van der Waals surface area contributed by atoms with E-state index in [1.165, 1.54) is 11.1 Å². The van der Waals surface area contributed by atoms with E-state index < -0.39 is 0 Å². The van der Waals surface area contributed by atoms with E-state index in [9.17, 15) is 0 Å². The molecule has 0 unspecified atom stereocenters. The second kappa shape index (κ2) is 5.36. The molecule has 2 aromatic rings. The summed E-state index contributed by atoms with van der Waals surface area (Å²) in [4.78, 5) is 7.07. The van der Waals surface area contributed by atoms with Gasteiger partial charge < -0.3 is 10.3 Å². The summed E-state index contributed by atoms with van der Waals surface area (Å²) in [6.45, 7) is 8.40. The van der Waals surface area contributed by atoms with Crippen LogP contribution in [-0.4, -0.2) is 9.97 Å². The van der Waals surface area contributed by atoms with Crippen molar-refractivity contribution in [1.29, 1.82) is 0 Å². The molecule has 1 aromatic carbocycles. The lowest BCUT2D eigenvalue weighted by Gasteiger charge is -2.19. The molecule has 0 aliphatic rings. The lowest BCUT2D eigenvalue weighted by molar-refractivity contribution is 0.589. The standard InChI is InChI=1S/C15H21N3/c1-15(2,3)13-6-4-12(5-7-13)8-16-9-14-10-17-11-18-14/h4-7,10-11,16H,8-9H2,1-3H3,(H,17,18). The number of aromatic amines is 1. The second-order valence-electron chi connectivity index (χ2n) is 5.63. The molecule has 0 bridgehead atoms. The van der Waals surface area contributed by atoms with Crippen molar-refractivity contribution >= 4 is 0 Å². The highest BCUT2D eigenvalue weighted by Gasteiger charge is 2.12. The molecule has 1 aromatic heterocycles. The Balaban J connectivity index is 1.87. The molecule has 0 radical (unpaired) electrons. The topological polar surface area (TPSA) is 40.7 Å². The maximum atomic E-state index is 3.99. The van der Waals surface area contributed by atoms with Crippen LogP contribution in [0, 0.1) is 0 Å². The number of nitrogens with zero attached hydrogens (tertiary/aromatic N) is 1. The highest BCUT2D eigenvalue weighted by molar-refractivity contribution is 5.27. The lowest BCUT2D eigenvalue weighted by Crippen LogP contribution is -2.14. The highest BCUT2D eigenvalue weighted by atomic mass is 14.9. The maximum absolute atomic E-state index is 3.99. The molecule has 0 spiro atoms. The average Bonchev–Trinajstić information content (AvgIpc) is 2.82. The molecule has 3 nitrogen and oxygen atoms in total. The number of benzene rings is 1. The van der Waals surface area contributed by atoms with Crippen LogP contribution in [0.25, 0.3) is 0 Å². The van der Waals surface area contributed by atoms with Crippen molar-refractivity contribution in [2.75, 3.05) is 0 Å². The zero-order valence-corrected chi connectivity index (χ0v) is 11.3. The summed E-state index contributed by atoms with van der Waals surface area (Å²) in [6.07, 6.45) is 3.55. The number of aromatic nitrogens is 2. The molecule has 0 saturated carbocycles. The first kappa shape index (κ1) is 12.8. The van der Waals surface area contributed by atoms with Crippen molar-refractivity contribution in [2.24, 2.45) is 0 Å². The Hall–Kier alpha value is -1.61. The molecule has 0 aliphatic carbocycles. The van der Waals surface area contributed by atoms with Gasteiger partial charge in [0.15, 0.2) is 0 Å². The molecule has 0 aliphatic heterocycles. The summed E-state index contributed by atoms with van der Waals surface area (Å²) < 4.78 is 0. The first-order chi connectivity index (χ1) is 8.55. The Morgan fingerprint density at radius 2 is 1.83 bits per heavy atom. The van der Waals surface area contributed by atoms with E-state index in [-0.39, 0.29) is 5.41 Å². The van der Waals surface area contributed by atoms with E-state index in [1.54, 1.807) is 6.33 Å². The molecule has 1 heterocycles. The van der Waals surface area contributed by atoms with E-state index >= 15 is 0 Å². The van der Waals surface area contributed by atoms with Gasteiger partial charge in [0.05, 0.1) is 6.33 Å². The predicted octanol–water partition coefficient (Wildman–Crippen LogP) is 3.00. The Morgan fingerprint density at radius 3 is 2.39 bits per heavy atom. The lowest BCUT2D eigenvalue weighted by atomic mass is 9.87. The van der Waals surface area contributed by atoms with E-state index in [1.807, 2.05) is 6.20 Å². The number of H-pyrrole nitrogens is 1.